The number of aromatic amines is 1. The second-order valence-electron chi connectivity index (χ2n) is 4.84. The van der Waals surface area contributed by atoms with Crippen LogP contribution in [0, 0.1) is 3.83 Å². The number of aromatic nitrogens is 4. The van der Waals surface area contributed by atoms with E-state index >= 15 is 0 Å². The molecule has 0 aliphatic carbocycles. The van der Waals surface area contributed by atoms with Crippen LogP contribution in [0.1, 0.15) is 6.23 Å². The van der Waals surface area contributed by atoms with E-state index in [0.717, 1.165) is 4.57 Å². The van der Waals surface area contributed by atoms with Crippen molar-refractivity contribution in [2.24, 2.45) is 0 Å². The number of hydrogen-bond donors (Lipinski definition) is 3. The molecule has 9 nitrogen and oxygen atoms in total. The van der Waals surface area contributed by atoms with E-state index in [1.807, 2.05) is 22.6 Å². The molecule has 4 atom stereocenters. The number of rotatable bonds is 0. The lowest BCUT2D eigenvalue weighted by Crippen LogP contribution is -2.40. The molecular formula is C10H9IN4O5. The Labute approximate surface area is 124 Å². The summed E-state index contributed by atoms with van der Waals surface area (Å²) in [5.41, 5.74) is -0.849. The fourth-order valence-electron chi connectivity index (χ4n) is 2.80. The van der Waals surface area contributed by atoms with Crippen LogP contribution < -0.4 is 11.2 Å². The zero-order valence-corrected chi connectivity index (χ0v) is 12.0. The third-order valence-corrected chi connectivity index (χ3v) is 4.55. The molecule has 3 N–H and O–H groups in total. The normalized spacial score (nSPS) is 31.8. The SMILES string of the molecule is O=c1[nH]c(=O)n2c3c1nc(I)n3C[C@H]1O[C@@H]2[C@H](O)[C@@H]1O. The minimum Gasteiger partial charge on any atom is -0.387 e. The van der Waals surface area contributed by atoms with E-state index in [1.54, 1.807) is 4.57 Å². The van der Waals surface area contributed by atoms with Gasteiger partial charge in [0.15, 0.2) is 21.2 Å². The maximum atomic E-state index is 12.1. The van der Waals surface area contributed by atoms with Gasteiger partial charge in [-0.2, -0.15) is 0 Å². The molecule has 106 valence electrons. The van der Waals surface area contributed by atoms with E-state index < -0.39 is 35.8 Å². The molecule has 2 aromatic rings. The summed E-state index contributed by atoms with van der Waals surface area (Å²) >= 11 is 1.95. The fraction of sp³-hybridized carbons (Fsp3) is 0.500. The summed E-state index contributed by atoms with van der Waals surface area (Å²) in [6.07, 6.45) is -4.01. The smallest absolute Gasteiger partial charge is 0.332 e. The van der Waals surface area contributed by atoms with Crippen LogP contribution in [0.4, 0.5) is 0 Å². The van der Waals surface area contributed by atoms with Gasteiger partial charge in [-0.15, -0.1) is 0 Å². The van der Waals surface area contributed by atoms with Gasteiger partial charge in [-0.05, 0) is 0 Å². The van der Waals surface area contributed by atoms with Gasteiger partial charge in [0.25, 0.3) is 5.56 Å². The zero-order chi connectivity index (χ0) is 14.2. The lowest BCUT2D eigenvalue weighted by Gasteiger charge is -2.19. The highest BCUT2D eigenvalue weighted by atomic mass is 127. The first kappa shape index (κ1) is 12.5. The van der Waals surface area contributed by atoms with Gasteiger partial charge < -0.3 is 19.5 Å². The molecule has 2 bridgehead atoms. The van der Waals surface area contributed by atoms with Gasteiger partial charge in [0.05, 0.1) is 6.54 Å². The first-order valence-electron chi connectivity index (χ1n) is 5.91. The minimum atomic E-state index is -1.23. The molecule has 0 saturated carbocycles. The molecule has 0 amide bonds. The molecule has 4 heterocycles. The van der Waals surface area contributed by atoms with Crippen molar-refractivity contribution in [2.45, 2.75) is 31.1 Å². The molecule has 10 heteroatoms. The fourth-order valence-corrected chi connectivity index (χ4v) is 3.46. The second kappa shape index (κ2) is 3.90. The van der Waals surface area contributed by atoms with Crippen molar-refractivity contribution in [3.8, 4) is 0 Å². The highest BCUT2D eigenvalue weighted by Gasteiger charge is 2.47. The molecule has 2 aliphatic rings. The summed E-state index contributed by atoms with van der Waals surface area (Å²) in [4.78, 5) is 30.2. The highest BCUT2D eigenvalue weighted by Crippen LogP contribution is 2.34. The van der Waals surface area contributed by atoms with Crippen molar-refractivity contribution in [1.29, 1.82) is 0 Å². The molecule has 2 aromatic heterocycles. The van der Waals surface area contributed by atoms with E-state index in [1.165, 1.54) is 0 Å². The number of ether oxygens (including phenoxy) is 1. The molecule has 0 radical (unpaired) electrons. The Morgan fingerprint density at radius 2 is 2.10 bits per heavy atom. The van der Waals surface area contributed by atoms with Crippen LogP contribution in [-0.2, 0) is 11.3 Å². The van der Waals surface area contributed by atoms with Crippen LogP contribution in [0.25, 0.3) is 11.2 Å². The van der Waals surface area contributed by atoms with Crippen LogP contribution >= 0.6 is 22.6 Å². The van der Waals surface area contributed by atoms with Crippen molar-refractivity contribution in [3.05, 3.63) is 24.7 Å². The Morgan fingerprint density at radius 1 is 1.35 bits per heavy atom. The van der Waals surface area contributed by atoms with E-state index in [2.05, 4.69) is 9.97 Å². The Balaban J connectivity index is 2.17. The van der Waals surface area contributed by atoms with Gasteiger partial charge in [0.2, 0.25) is 0 Å². The number of fused-ring (bicyclic) bond motifs is 3. The van der Waals surface area contributed by atoms with Crippen molar-refractivity contribution in [1.82, 2.24) is 19.1 Å². The van der Waals surface area contributed by atoms with Crippen LogP contribution in [0.5, 0.6) is 0 Å². The van der Waals surface area contributed by atoms with Gasteiger partial charge in [0.1, 0.15) is 18.3 Å². The predicted octanol–water partition coefficient (Wildman–Crippen LogP) is -1.88. The molecule has 4 rings (SSSR count). The predicted molar refractivity (Wildman–Crippen MR) is 73.3 cm³/mol. The lowest BCUT2D eigenvalue weighted by molar-refractivity contribution is -0.0354. The van der Waals surface area contributed by atoms with E-state index in [-0.39, 0.29) is 12.1 Å². The number of nitrogens with one attached hydrogen (secondary N) is 1. The third-order valence-electron chi connectivity index (χ3n) is 3.73. The highest BCUT2D eigenvalue weighted by molar-refractivity contribution is 14.1. The Morgan fingerprint density at radius 3 is 2.85 bits per heavy atom. The summed E-state index contributed by atoms with van der Waals surface area (Å²) < 4.78 is 8.85. The molecule has 0 spiro atoms. The number of imidazole rings is 1. The number of hydrogen-bond acceptors (Lipinski definition) is 6. The lowest BCUT2D eigenvalue weighted by atomic mass is 10.1. The third kappa shape index (κ3) is 1.39. The summed E-state index contributed by atoms with van der Waals surface area (Å²) in [6, 6.07) is 0. The zero-order valence-electron chi connectivity index (χ0n) is 9.86. The van der Waals surface area contributed by atoms with Crippen LogP contribution in [0.2, 0.25) is 0 Å². The topological polar surface area (TPSA) is 122 Å². The van der Waals surface area contributed by atoms with Crippen molar-refractivity contribution < 1.29 is 14.9 Å². The molecule has 2 aliphatic heterocycles. The summed E-state index contributed by atoms with van der Waals surface area (Å²) in [7, 11) is 0. The summed E-state index contributed by atoms with van der Waals surface area (Å²) in [6.45, 7) is 0.215. The monoisotopic (exact) mass is 392 g/mol. The van der Waals surface area contributed by atoms with Gasteiger partial charge in [-0.25, -0.2) is 14.3 Å². The second-order valence-corrected chi connectivity index (χ2v) is 5.80. The van der Waals surface area contributed by atoms with E-state index in [4.69, 9.17) is 4.74 Å². The maximum absolute atomic E-state index is 12.1. The first-order chi connectivity index (χ1) is 9.49. The quantitative estimate of drug-likeness (QED) is 0.357. The average molecular weight is 392 g/mol. The molecule has 20 heavy (non-hydrogen) atoms. The van der Waals surface area contributed by atoms with E-state index in [9.17, 15) is 19.8 Å². The summed E-state index contributed by atoms with van der Waals surface area (Å²) in [5.74, 6) is 0. The molecule has 0 unspecified atom stereocenters. The number of aliphatic hydroxyl groups excluding tert-OH is 2. The number of nitrogens with zero attached hydrogens (tertiary/aromatic N) is 3. The molecular weight excluding hydrogens is 383 g/mol. The Bertz CT molecular complexity index is 839. The van der Waals surface area contributed by atoms with Crippen molar-refractivity contribution in [3.63, 3.8) is 0 Å². The van der Waals surface area contributed by atoms with Gasteiger partial charge in [-0.1, -0.05) is 0 Å². The minimum absolute atomic E-state index is 0.117. The van der Waals surface area contributed by atoms with Crippen molar-refractivity contribution >= 4 is 33.8 Å². The van der Waals surface area contributed by atoms with Crippen molar-refractivity contribution in [2.75, 3.05) is 0 Å². The molecule has 1 saturated heterocycles. The van der Waals surface area contributed by atoms with Crippen LogP contribution in [-0.4, -0.2) is 47.6 Å². The standard InChI is InChI=1S/C10H9IN4O5/c11-9-12-3-6(18)13-10(19)15-7(3)14(9)1-2-4(16)5(17)8(15)20-2/h2,4-5,8,16-17H,1H2,(H,13,18,19)/t2-,4-,5-,8-/m1/s1. The Kier molecular flexibility index (Phi) is 2.44. The van der Waals surface area contributed by atoms with Gasteiger partial charge in [-0.3, -0.25) is 9.78 Å². The maximum Gasteiger partial charge on any atom is 0.332 e. The number of halogens is 1. The number of H-pyrrole nitrogens is 1. The first-order valence-corrected chi connectivity index (χ1v) is 6.99. The molecule has 1 fully saturated rings. The largest absolute Gasteiger partial charge is 0.387 e. The van der Waals surface area contributed by atoms with Gasteiger partial charge in [0, 0.05) is 22.6 Å². The summed E-state index contributed by atoms with van der Waals surface area (Å²) in [5, 5.41) is 20.0. The number of aliphatic hydroxyl groups is 2. The molecule has 0 aromatic carbocycles. The van der Waals surface area contributed by atoms with Crippen LogP contribution in [0.3, 0.4) is 0 Å². The Hall–Kier alpha value is -1.24. The van der Waals surface area contributed by atoms with Crippen LogP contribution in [0.15, 0.2) is 9.59 Å². The average Bonchev–Trinajstić information content (AvgIpc) is 2.78. The van der Waals surface area contributed by atoms with Gasteiger partial charge >= 0.3 is 5.69 Å². The van der Waals surface area contributed by atoms with E-state index in [0.29, 0.717) is 9.48 Å².